The highest BCUT2D eigenvalue weighted by atomic mass is 32.1. The van der Waals surface area contributed by atoms with Gasteiger partial charge in [-0.15, -0.1) is 11.3 Å². The van der Waals surface area contributed by atoms with Crippen LogP contribution in [0.15, 0.2) is 60.8 Å². The van der Waals surface area contributed by atoms with Crippen molar-refractivity contribution in [3.8, 4) is 0 Å². The summed E-state index contributed by atoms with van der Waals surface area (Å²) in [5, 5.41) is 3.57. The molecule has 2 heterocycles. The van der Waals surface area contributed by atoms with Gasteiger partial charge in [-0.05, 0) is 43.5 Å². The second kappa shape index (κ2) is 8.03. The summed E-state index contributed by atoms with van der Waals surface area (Å²) in [6, 6.07) is 18.3. The predicted octanol–water partition coefficient (Wildman–Crippen LogP) is 4.69. The van der Waals surface area contributed by atoms with Crippen LogP contribution in [0.5, 0.6) is 0 Å². The minimum Gasteiger partial charge on any atom is -0.298 e. The highest BCUT2D eigenvalue weighted by Crippen LogP contribution is 2.29. The van der Waals surface area contributed by atoms with E-state index in [1.807, 2.05) is 37.4 Å². The van der Waals surface area contributed by atoms with Gasteiger partial charge in [0, 0.05) is 29.7 Å². The lowest BCUT2D eigenvalue weighted by atomic mass is 9.99. The standard InChI is InChI=1S/C22H23N3OS/c1-16-7-9-18(10-8-16)21(26)24-22-23-13-20(27-22)15-25-12-11-19(14-25)17-5-3-2-4-6-17/h2-10,13,19H,11-12,14-15H2,1H3,(H,23,24,26)/t19-/m1/s1. The van der Waals surface area contributed by atoms with Crippen LogP contribution < -0.4 is 5.32 Å². The van der Waals surface area contributed by atoms with Crippen LogP contribution in [0.25, 0.3) is 0 Å². The summed E-state index contributed by atoms with van der Waals surface area (Å²) in [6.07, 6.45) is 3.07. The van der Waals surface area contributed by atoms with E-state index in [-0.39, 0.29) is 5.91 Å². The molecular formula is C22H23N3OS. The highest BCUT2D eigenvalue weighted by molar-refractivity contribution is 7.15. The molecule has 0 unspecified atom stereocenters. The summed E-state index contributed by atoms with van der Waals surface area (Å²) in [6.45, 7) is 5.08. The van der Waals surface area contributed by atoms with Crippen LogP contribution in [0.2, 0.25) is 0 Å². The van der Waals surface area contributed by atoms with Crippen molar-refractivity contribution < 1.29 is 4.79 Å². The van der Waals surface area contributed by atoms with Gasteiger partial charge in [-0.25, -0.2) is 4.98 Å². The molecule has 4 nitrogen and oxygen atoms in total. The molecule has 0 bridgehead atoms. The zero-order chi connectivity index (χ0) is 18.6. The number of hydrogen-bond acceptors (Lipinski definition) is 4. The number of aromatic nitrogens is 1. The number of thiazole rings is 1. The maximum Gasteiger partial charge on any atom is 0.257 e. The normalized spacial score (nSPS) is 17.1. The van der Waals surface area contributed by atoms with Crippen molar-refractivity contribution in [1.29, 1.82) is 0 Å². The minimum atomic E-state index is -0.110. The number of hydrogen-bond donors (Lipinski definition) is 1. The van der Waals surface area contributed by atoms with Gasteiger partial charge in [0.15, 0.2) is 5.13 Å². The largest absolute Gasteiger partial charge is 0.298 e. The first-order chi connectivity index (χ1) is 13.2. The number of likely N-dealkylation sites (tertiary alicyclic amines) is 1. The van der Waals surface area contributed by atoms with E-state index in [4.69, 9.17) is 0 Å². The number of benzene rings is 2. The zero-order valence-electron chi connectivity index (χ0n) is 15.4. The van der Waals surface area contributed by atoms with Gasteiger partial charge >= 0.3 is 0 Å². The lowest BCUT2D eigenvalue weighted by molar-refractivity contribution is 0.102. The van der Waals surface area contributed by atoms with Crippen molar-refractivity contribution in [1.82, 2.24) is 9.88 Å². The number of amides is 1. The molecule has 0 saturated carbocycles. The average Bonchev–Trinajstić information content (AvgIpc) is 3.33. The van der Waals surface area contributed by atoms with E-state index in [1.165, 1.54) is 16.9 Å². The van der Waals surface area contributed by atoms with E-state index < -0.39 is 0 Å². The number of anilines is 1. The molecule has 1 saturated heterocycles. The SMILES string of the molecule is Cc1ccc(C(=O)Nc2ncc(CN3CC[C@@H](c4ccccc4)C3)s2)cc1. The molecule has 1 amide bonds. The summed E-state index contributed by atoms with van der Waals surface area (Å²) in [5.41, 5.74) is 3.22. The van der Waals surface area contributed by atoms with Crippen molar-refractivity contribution >= 4 is 22.4 Å². The smallest absolute Gasteiger partial charge is 0.257 e. The third-order valence-corrected chi connectivity index (χ3v) is 5.91. The van der Waals surface area contributed by atoms with Gasteiger partial charge in [-0.1, -0.05) is 48.0 Å². The van der Waals surface area contributed by atoms with Gasteiger partial charge in [0.1, 0.15) is 0 Å². The van der Waals surface area contributed by atoms with E-state index in [0.717, 1.165) is 25.2 Å². The van der Waals surface area contributed by atoms with Gasteiger partial charge in [-0.3, -0.25) is 15.0 Å². The Labute approximate surface area is 163 Å². The summed E-state index contributed by atoms with van der Waals surface area (Å²) in [4.78, 5) is 20.4. The summed E-state index contributed by atoms with van der Waals surface area (Å²) < 4.78 is 0. The Kier molecular flexibility index (Phi) is 5.32. The Hall–Kier alpha value is -2.50. The maximum atomic E-state index is 12.3. The van der Waals surface area contributed by atoms with Crippen LogP contribution in [0.1, 0.15) is 38.7 Å². The van der Waals surface area contributed by atoms with Crippen LogP contribution >= 0.6 is 11.3 Å². The summed E-state index contributed by atoms with van der Waals surface area (Å²) in [5.74, 6) is 0.501. The monoisotopic (exact) mass is 377 g/mol. The Morgan fingerprint density at radius 3 is 2.74 bits per heavy atom. The van der Waals surface area contributed by atoms with Gasteiger partial charge in [-0.2, -0.15) is 0 Å². The predicted molar refractivity (Wildman–Crippen MR) is 110 cm³/mol. The molecule has 0 radical (unpaired) electrons. The topological polar surface area (TPSA) is 45.2 Å². The molecule has 1 N–H and O–H groups in total. The molecule has 1 atom stereocenters. The highest BCUT2D eigenvalue weighted by Gasteiger charge is 2.24. The summed E-state index contributed by atoms with van der Waals surface area (Å²) >= 11 is 1.56. The molecule has 0 aliphatic carbocycles. The third-order valence-electron chi connectivity index (χ3n) is 5.01. The molecule has 138 valence electrons. The lowest BCUT2D eigenvalue weighted by Crippen LogP contribution is -2.19. The van der Waals surface area contributed by atoms with Gasteiger partial charge in [0.05, 0.1) is 0 Å². The molecule has 2 aromatic carbocycles. The summed E-state index contributed by atoms with van der Waals surface area (Å²) in [7, 11) is 0. The Morgan fingerprint density at radius 1 is 1.19 bits per heavy atom. The molecular weight excluding hydrogens is 354 g/mol. The van der Waals surface area contributed by atoms with Crippen LogP contribution in [0.3, 0.4) is 0 Å². The Balaban J connectivity index is 1.33. The van der Waals surface area contributed by atoms with Crippen LogP contribution in [0.4, 0.5) is 5.13 Å². The van der Waals surface area contributed by atoms with Crippen molar-refractivity contribution in [2.24, 2.45) is 0 Å². The van der Waals surface area contributed by atoms with Gasteiger partial charge in [0.2, 0.25) is 0 Å². The number of carbonyl (C=O) groups excluding carboxylic acids is 1. The second-order valence-electron chi connectivity index (χ2n) is 7.08. The van der Waals surface area contributed by atoms with Gasteiger partial charge < -0.3 is 0 Å². The average molecular weight is 378 g/mol. The quantitative estimate of drug-likeness (QED) is 0.701. The number of aryl methyl sites for hydroxylation is 1. The Morgan fingerprint density at radius 2 is 1.96 bits per heavy atom. The molecule has 4 rings (SSSR count). The Bertz CT molecular complexity index is 905. The first-order valence-electron chi connectivity index (χ1n) is 9.27. The van der Waals surface area contributed by atoms with Crippen molar-refractivity contribution in [2.45, 2.75) is 25.8 Å². The molecule has 5 heteroatoms. The molecule has 1 fully saturated rings. The fourth-order valence-electron chi connectivity index (χ4n) is 3.51. The maximum absolute atomic E-state index is 12.3. The van der Waals surface area contributed by atoms with E-state index in [0.29, 0.717) is 16.6 Å². The molecule has 1 aliphatic heterocycles. The minimum absolute atomic E-state index is 0.110. The molecule has 1 aromatic heterocycles. The number of rotatable bonds is 5. The molecule has 27 heavy (non-hydrogen) atoms. The van der Waals surface area contributed by atoms with Crippen LogP contribution in [0, 0.1) is 6.92 Å². The number of nitrogens with zero attached hydrogens (tertiary/aromatic N) is 2. The van der Waals surface area contributed by atoms with Crippen molar-refractivity contribution in [2.75, 3.05) is 18.4 Å². The number of nitrogens with one attached hydrogen (secondary N) is 1. The fraction of sp³-hybridized carbons (Fsp3) is 0.273. The zero-order valence-corrected chi connectivity index (χ0v) is 16.2. The lowest BCUT2D eigenvalue weighted by Gasteiger charge is -2.14. The first kappa shape index (κ1) is 17.9. The molecule has 1 aliphatic rings. The van der Waals surface area contributed by atoms with Crippen LogP contribution in [-0.2, 0) is 6.54 Å². The van der Waals surface area contributed by atoms with E-state index >= 15 is 0 Å². The van der Waals surface area contributed by atoms with Crippen molar-refractivity contribution in [3.63, 3.8) is 0 Å². The first-order valence-corrected chi connectivity index (χ1v) is 10.1. The third kappa shape index (κ3) is 4.43. The van der Waals surface area contributed by atoms with Crippen molar-refractivity contribution in [3.05, 3.63) is 82.4 Å². The van der Waals surface area contributed by atoms with Crippen LogP contribution in [-0.4, -0.2) is 28.9 Å². The molecule has 3 aromatic rings. The molecule has 0 spiro atoms. The van der Waals surface area contributed by atoms with Gasteiger partial charge in [0.25, 0.3) is 5.91 Å². The fourth-order valence-corrected chi connectivity index (χ4v) is 4.36. The van der Waals surface area contributed by atoms with E-state index in [1.54, 1.807) is 11.3 Å². The van der Waals surface area contributed by atoms with E-state index in [2.05, 4.69) is 45.5 Å². The number of carbonyl (C=O) groups is 1. The van der Waals surface area contributed by atoms with E-state index in [9.17, 15) is 4.79 Å². The second-order valence-corrected chi connectivity index (χ2v) is 8.20.